The molecule has 0 fully saturated rings. The number of aromatic amines is 1. The average molecular weight is 308 g/mol. The number of ether oxygens (including phenoxy) is 1. The van der Waals surface area contributed by atoms with Gasteiger partial charge in [0.2, 0.25) is 0 Å². The Kier molecular flexibility index (Phi) is 7.15. The van der Waals surface area contributed by atoms with Gasteiger partial charge in [0, 0.05) is 12.2 Å². The molecule has 1 aromatic heterocycles. The summed E-state index contributed by atoms with van der Waals surface area (Å²) in [6, 6.07) is 0. The van der Waals surface area contributed by atoms with Gasteiger partial charge in [0.1, 0.15) is 5.69 Å². The van der Waals surface area contributed by atoms with Crippen LogP contribution in [0, 0.1) is 19.8 Å². The number of hydrogen-bond donors (Lipinski definition) is 2. The van der Waals surface area contributed by atoms with Crippen LogP contribution in [0.3, 0.4) is 0 Å². The van der Waals surface area contributed by atoms with E-state index in [0.717, 1.165) is 12.8 Å². The number of rotatable bonds is 8. The third-order valence-corrected chi connectivity index (χ3v) is 4.15. The van der Waals surface area contributed by atoms with Crippen LogP contribution in [0.25, 0.3) is 0 Å². The zero-order chi connectivity index (χ0) is 16.7. The van der Waals surface area contributed by atoms with Gasteiger partial charge in [-0.3, -0.25) is 4.79 Å². The predicted molar refractivity (Wildman–Crippen MR) is 87.2 cm³/mol. The van der Waals surface area contributed by atoms with Crippen molar-refractivity contribution in [2.24, 2.45) is 5.92 Å². The van der Waals surface area contributed by atoms with E-state index < -0.39 is 5.97 Å². The number of carbonyl (C=O) groups is 2. The highest BCUT2D eigenvalue weighted by atomic mass is 16.5. The van der Waals surface area contributed by atoms with Crippen molar-refractivity contribution < 1.29 is 14.3 Å². The summed E-state index contributed by atoms with van der Waals surface area (Å²) >= 11 is 0. The summed E-state index contributed by atoms with van der Waals surface area (Å²) in [5, 5.41) is 2.97. The first-order valence-corrected chi connectivity index (χ1v) is 8.01. The van der Waals surface area contributed by atoms with E-state index in [1.165, 1.54) is 20.0 Å². The lowest BCUT2D eigenvalue weighted by Crippen LogP contribution is -2.30. The molecule has 0 aliphatic heterocycles. The molecule has 0 spiro atoms. The van der Waals surface area contributed by atoms with Crippen molar-refractivity contribution >= 4 is 11.9 Å². The molecular formula is C17H28N2O3. The van der Waals surface area contributed by atoms with E-state index in [1.807, 2.05) is 0 Å². The van der Waals surface area contributed by atoms with Gasteiger partial charge in [0.25, 0.3) is 5.91 Å². The van der Waals surface area contributed by atoms with Gasteiger partial charge in [-0.1, -0.05) is 33.1 Å². The molecule has 0 saturated carbocycles. The number of methoxy groups -OCH3 is 1. The molecule has 0 aliphatic rings. The Balaban J connectivity index is 2.76. The van der Waals surface area contributed by atoms with Crippen LogP contribution in [-0.4, -0.2) is 30.5 Å². The van der Waals surface area contributed by atoms with Crippen molar-refractivity contribution in [1.29, 1.82) is 0 Å². The number of amides is 1. The van der Waals surface area contributed by atoms with Crippen LogP contribution in [0.15, 0.2) is 0 Å². The van der Waals surface area contributed by atoms with Crippen LogP contribution in [0.1, 0.15) is 71.6 Å². The largest absolute Gasteiger partial charge is 0.465 e. The van der Waals surface area contributed by atoms with Gasteiger partial charge in [-0.05, 0) is 31.7 Å². The van der Waals surface area contributed by atoms with Gasteiger partial charge >= 0.3 is 5.97 Å². The molecule has 5 nitrogen and oxygen atoms in total. The van der Waals surface area contributed by atoms with Crippen LogP contribution in [0.5, 0.6) is 0 Å². The second-order valence-electron chi connectivity index (χ2n) is 5.74. The number of aryl methyl sites for hydroxylation is 1. The molecule has 0 bridgehead atoms. The lowest BCUT2D eigenvalue weighted by Gasteiger charge is -2.15. The number of hydrogen-bond acceptors (Lipinski definition) is 3. The molecule has 0 aromatic carbocycles. The zero-order valence-corrected chi connectivity index (χ0v) is 14.3. The minimum absolute atomic E-state index is 0.161. The predicted octanol–water partition coefficient (Wildman–Crippen LogP) is 3.36. The average Bonchev–Trinajstić information content (AvgIpc) is 2.81. The van der Waals surface area contributed by atoms with E-state index in [2.05, 4.69) is 24.1 Å². The van der Waals surface area contributed by atoms with E-state index >= 15 is 0 Å². The fraction of sp³-hybridized carbons (Fsp3) is 0.647. The van der Waals surface area contributed by atoms with Crippen molar-refractivity contribution in [3.05, 3.63) is 22.5 Å². The van der Waals surface area contributed by atoms with Crippen LogP contribution >= 0.6 is 0 Å². The SMILES string of the molecule is CCCCC(CC)CNC(=O)c1[nH]c(C)c(C(=O)OC)c1C. The number of nitrogens with one attached hydrogen (secondary N) is 2. The molecule has 1 unspecified atom stereocenters. The summed E-state index contributed by atoms with van der Waals surface area (Å²) in [4.78, 5) is 27.1. The van der Waals surface area contributed by atoms with E-state index in [0.29, 0.717) is 35.0 Å². The molecule has 1 rings (SSSR count). The van der Waals surface area contributed by atoms with Crippen molar-refractivity contribution in [1.82, 2.24) is 10.3 Å². The van der Waals surface area contributed by atoms with Gasteiger partial charge in [0.15, 0.2) is 0 Å². The van der Waals surface area contributed by atoms with Gasteiger partial charge in [-0.25, -0.2) is 4.79 Å². The highest BCUT2D eigenvalue weighted by Gasteiger charge is 2.22. The number of H-pyrrole nitrogens is 1. The minimum atomic E-state index is -0.417. The van der Waals surface area contributed by atoms with Crippen LogP contribution in [0.4, 0.5) is 0 Å². The molecule has 0 radical (unpaired) electrons. The zero-order valence-electron chi connectivity index (χ0n) is 14.3. The molecular weight excluding hydrogens is 280 g/mol. The Hall–Kier alpha value is -1.78. The van der Waals surface area contributed by atoms with E-state index in [1.54, 1.807) is 13.8 Å². The Morgan fingerprint density at radius 3 is 2.50 bits per heavy atom. The molecule has 0 saturated heterocycles. The van der Waals surface area contributed by atoms with Gasteiger partial charge in [-0.15, -0.1) is 0 Å². The van der Waals surface area contributed by atoms with Crippen molar-refractivity contribution in [2.45, 2.75) is 53.4 Å². The highest BCUT2D eigenvalue weighted by Crippen LogP contribution is 2.19. The summed E-state index contributed by atoms with van der Waals surface area (Å²) < 4.78 is 4.76. The fourth-order valence-corrected chi connectivity index (χ4v) is 2.65. The summed E-state index contributed by atoms with van der Waals surface area (Å²) in [7, 11) is 1.34. The quantitative estimate of drug-likeness (QED) is 0.723. The third kappa shape index (κ3) is 4.36. The molecule has 2 N–H and O–H groups in total. The Morgan fingerprint density at radius 1 is 1.27 bits per heavy atom. The first-order chi connectivity index (χ1) is 10.5. The highest BCUT2D eigenvalue weighted by molar-refractivity contribution is 6.00. The smallest absolute Gasteiger partial charge is 0.339 e. The maximum Gasteiger partial charge on any atom is 0.339 e. The van der Waals surface area contributed by atoms with Crippen LogP contribution < -0.4 is 5.32 Å². The van der Waals surface area contributed by atoms with Gasteiger partial charge < -0.3 is 15.0 Å². The van der Waals surface area contributed by atoms with Crippen LogP contribution in [-0.2, 0) is 4.74 Å². The monoisotopic (exact) mass is 308 g/mol. The first-order valence-electron chi connectivity index (χ1n) is 8.01. The molecule has 1 amide bonds. The molecule has 124 valence electrons. The van der Waals surface area contributed by atoms with Crippen molar-refractivity contribution in [3.63, 3.8) is 0 Å². The maximum absolute atomic E-state index is 12.3. The lowest BCUT2D eigenvalue weighted by atomic mass is 9.99. The standard InChI is InChI=1S/C17H28N2O3/c1-6-8-9-13(7-2)10-18-16(20)15-11(3)14(12(4)19-15)17(21)22-5/h13,19H,6-10H2,1-5H3,(H,18,20). The van der Waals surface area contributed by atoms with E-state index in [-0.39, 0.29) is 5.91 Å². The molecule has 1 atom stereocenters. The topological polar surface area (TPSA) is 71.2 Å². The Labute approximate surface area is 132 Å². The summed E-state index contributed by atoms with van der Waals surface area (Å²) in [5.41, 5.74) is 2.20. The molecule has 22 heavy (non-hydrogen) atoms. The molecule has 0 aliphatic carbocycles. The Morgan fingerprint density at radius 2 is 1.95 bits per heavy atom. The molecule has 1 aromatic rings. The fourth-order valence-electron chi connectivity index (χ4n) is 2.65. The lowest BCUT2D eigenvalue weighted by molar-refractivity contribution is 0.0599. The summed E-state index contributed by atoms with van der Waals surface area (Å²) in [5.74, 6) is -0.0780. The van der Waals surface area contributed by atoms with E-state index in [9.17, 15) is 9.59 Å². The second-order valence-corrected chi connectivity index (χ2v) is 5.74. The summed E-state index contributed by atoms with van der Waals surface area (Å²) in [6.45, 7) is 8.52. The molecule has 5 heteroatoms. The van der Waals surface area contributed by atoms with Crippen molar-refractivity contribution in [3.8, 4) is 0 Å². The maximum atomic E-state index is 12.3. The first kappa shape index (κ1) is 18.3. The Bertz CT molecular complexity index is 520. The van der Waals surface area contributed by atoms with Gasteiger partial charge in [0.05, 0.1) is 12.7 Å². The van der Waals surface area contributed by atoms with Crippen LogP contribution in [0.2, 0.25) is 0 Å². The number of carbonyl (C=O) groups excluding carboxylic acids is 2. The van der Waals surface area contributed by atoms with Gasteiger partial charge in [-0.2, -0.15) is 0 Å². The summed E-state index contributed by atoms with van der Waals surface area (Å²) in [6.07, 6.45) is 4.53. The number of aromatic nitrogens is 1. The third-order valence-electron chi connectivity index (χ3n) is 4.15. The minimum Gasteiger partial charge on any atom is -0.465 e. The second kappa shape index (κ2) is 8.61. The normalized spacial score (nSPS) is 12.0. The number of unbranched alkanes of at least 4 members (excludes halogenated alkanes) is 1. The molecule has 1 heterocycles. The van der Waals surface area contributed by atoms with Crippen molar-refractivity contribution in [2.75, 3.05) is 13.7 Å². The number of esters is 1. The van der Waals surface area contributed by atoms with E-state index in [4.69, 9.17) is 4.74 Å².